The van der Waals surface area contributed by atoms with Crippen LogP contribution in [0.5, 0.6) is 0 Å². The Labute approximate surface area is 142 Å². The van der Waals surface area contributed by atoms with E-state index in [1.54, 1.807) is 6.20 Å². The summed E-state index contributed by atoms with van der Waals surface area (Å²) in [4.78, 5) is 13.7. The molecule has 126 valence electrons. The summed E-state index contributed by atoms with van der Waals surface area (Å²) >= 11 is 0. The van der Waals surface area contributed by atoms with Gasteiger partial charge in [0, 0.05) is 49.8 Å². The van der Waals surface area contributed by atoms with Crippen molar-refractivity contribution in [2.75, 3.05) is 31.6 Å². The number of hydrogen-bond acceptors (Lipinski definition) is 6. The maximum Gasteiger partial charge on any atom is 0.163 e. The molecular formula is C18H23N5O. The minimum Gasteiger partial charge on any atom is -0.381 e. The van der Waals surface area contributed by atoms with Gasteiger partial charge in [0.1, 0.15) is 5.82 Å². The smallest absolute Gasteiger partial charge is 0.163 e. The third-order valence-electron chi connectivity index (χ3n) is 4.73. The van der Waals surface area contributed by atoms with Crippen LogP contribution in [0.3, 0.4) is 0 Å². The fourth-order valence-electron chi connectivity index (χ4n) is 3.34. The van der Waals surface area contributed by atoms with Gasteiger partial charge in [-0.25, -0.2) is 9.97 Å². The quantitative estimate of drug-likeness (QED) is 0.876. The lowest BCUT2D eigenvalue weighted by molar-refractivity contribution is 0.185. The molecule has 2 aromatic rings. The van der Waals surface area contributed by atoms with Crippen LogP contribution in [0.25, 0.3) is 11.4 Å². The van der Waals surface area contributed by atoms with Crippen LogP contribution < -0.4 is 10.6 Å². The summed E-state index contributed by atoms with van der Waals surface area (Å²) < 4.78 is 5.46. The SMILES string of the molecule is c1cncc(-c2nc3c(c(NCC[C@@H]4CCOC4)n2)CCNC3)c1. The zero-order chi connectivity index (χ0) is 16.2. The van der Waals surface area contributed by atoms with Crippen LogP contribution in [0.1, 0.15) is 24.1 Å². The van der Waals surface area contributed by atoms with Gasteiger partial charge in [-0.1, -0.05) is 0 Å². The van der Waals surface area contributed by atoms with Gasteiger partial charge in [-0.05, 0) is 43.9 Å². The monoisotopic (exact) mass is 325 g/mol. The first kappa shape index (κ1) is 15.5. The van der Waals surface area contributed by atoms with Crippen LogP contribution in [-0.2, 0) is 17.7 Å². The predicted molar refractivity (Wildman–Crippen MR) is 92.7 cm³/mol. The van der Waals surface area contributed by atoms with E-state index < -0.39 is 0 Å². The Morgan fingerprint density at radius 1 is 1.33 bits per heavy atom. The lowest BCUT2D eigenvalue weighted by Gasteiger charge is -2.21. The van der Waals surface area contributed by atoms with Crippen molar-refractivity contribution in [1.82, 2.24) is 20.3 Å². The van der Waals surface area contributed by atoms with Gasteiger partial charge in [0.05, 0.1) is 5.69 Å². The summed E-state index contributed by atoms with van der Waals surface area (Å²) in [6, 6.07) is 3.92. The average Bonchev–Trinajstić information content (AvgIpc) is 3.16. The molecule has 6 nitrogen and oxygen atoms in total. The van der Waals surface area contributed by atoms with Crippen molar-refractivity contribution >= 4 is 5.82 Å². The lowest BCUT2D eigenvalue weighted by atomic mass is 10.0. The summed E-state index contributed by atoms with van der Waals surface area (Å²) in [5.41, 5.74) is 3.31. The second-order valence-corrected chi connectivity index (χ2v) is 6.43. The number of hydrogen-bond donors (Lipinski definition) is 2. The zero-order valence-electron chi connectivity index (χ0n) is 13.8. The van der Waals surface area contributed by atoms with E-state index >= 15 is 0 Å². The first-order valence-electron chi connectivity index (χ1n) is 8.72. The highest BCUT2D eigenvalue weighted by Gasteiger charge is 2.19. The molecule has 0 amide bonds. The van der Waals surface area contributed by atoms with Gasteiger partial charge >= 0.3 is 0 Å². The van der Waals surface area contributed by atoms with E-state index in [4.69, 9.17) is 14.7 Å². The van der Waals surface area contributed by atoms with E-state index in [9.17, 15) is 0 Å². The normalized spacial score (nSPS) is 19.9. The molecule has 0 spiro atoms. The Hall–Kier alpha value is -2.05. The van der Waals surface area contributed by atoms with Crippen molar-refractivity contribution < 1.29 is 4.74 Å². The van der Waals surface area contributed by atoms with Crippen LogP contribution in [0.2, 0.25) is 0 Å². The van der Waals surface area contributed by atoms with E-state index in [1.807, 2.05) is 18.3 Å². The van der Waals surface area contributed by atoms with Crippen molar-refractivity contribution in [2.45, 2.75) is 25.8 Å². The van der Waals surface area contributed by atoms with E-state index in [0.717, 1.165) is 68.6 Å². The second-order valence-electron chi connectivity index (χ2n) is 6.43. The number of aromatic nitrogens is 3. The molecule has 1 saturated heterocycles. The number of anilines is 1. The number of rotatable bonds is 5. The van der Waals surface area contributed by atoms with Gasteiger partial charge in [-0.15, -0.1) is 0 Å². The van der Waals surface area contributed by atoms with Crippen LogP contribution >= 0.6 is 0 Å². The number of pyridine rings is 1. The molecule has 0 aromatic carbocycles. The molecule has 0 unspecified atom stereocenters. The fraction of sp³-hybridized carbons (Fsp3) is 0.500. The molecule has 24 heavy (non-hydrogen) atoms. The highest BCUT2D eigenvalue weighted by Crippen LogP contribution is 2.25. The molecule has 6 heteroatoms. The maximum atomic E-state index is 5.46. The third kappa shape index (κ3) is 3.39. The molecule has 0 saturated carbocycles. The van der Waals surface area contributed by atoms with Crippen LogP contribution in [-0.4, -0.2) is 41.3 Å². The van der Waals surface area contributed by atoms with E-state index in [-0.39, 0.29) is 0 Å². The van der Waals surface area contributed by atoms with Crippen LogP contribution in [0.4, 0.5) is 5.82 Å². The zero-order valence-corrected chi connectivity index (χ0v) is 13.8. The minimum absolute atomic E-state index is 0.676. The first-order chi connectivity index (χ1) is 11.9. The van der Waals surface area contributed by atoms with Gasteiger partial charge in [-0.3, -0.25) is 4.98 Å². The summed E-state index contributed by atoms with van der Waals surface area (Å²) in [6.07, 6.45) is 6.86. The van der Waals surface area contributed by atoms with Crippen LogP contribution in [0.15, 0.2) is 24.5 Å². The molecule has 2 N–H and O–H groups in total. The van der Waals surface area contributed by atoms with Gasteiger partial charge in [-0.2, -0.15) is 0 Å². The Balaban J connectivity index is 1.56. The molecule has 0 bridgehead atoms. The summed E-state index contributed by atoms with van der Waals surface area (Å²) in [5.74, 6) is 2.41. The number of fused-ring (bicyclic) bond motifs is 1. The van der Waals surface area contributed by atoms with E-state index in [1.165, 1.54) is 12.0 Å². The van der Waals surface area contributed by atoms with E-state index in [0.29, 0.717) is 5.92 Å². The Morgan fingerprint density at radius 2 is 2.33 bits per heavy atom. The largest absolute Gasteiger partial charge is 0.381 e. The Bertz CT molecular complexity index is 685. The van der Waals surface area contributed by atoms with Crippen molar-refractivity contribution in [2.24, 2.45) is 5.92 Å². The minimum atomic E-state index is 0.676. The molecule has 1 atom stereocenters. The molecular weight excluding hydrogens is 302 g/mol. The molecule has 4 heterocycles. The molecule has 0 aliphatic carbocycles. The van der Waals surface area contributed by atoms with Gasteiger partial charge in [0.25, 0.3) is 0 Å². The molecule has 2 aromatic heterocycles. The van der Waals surface area contributed by atoms with Gasteiger partial charge in [0.2, 0.25) is 0 Å². The molecule has 0 radical (unpaired) electrons. The van der Waals surface area contributed by atoms with E-state index in [2.05, 4.69) is 15.6 Å². The molecule has 2 aliphatic rings. The molecule has 1 fully saturated rings. The van der Waals surface area contributed by atoms with Crippen molar-refractivity contribution in [3.63, 3.8) is 0 Å². The Morgan fingerprint density at radius 3 is 3.17 bits per heavy atom. The summed E-state index contributed by atoms with van der Waals surface area (Å²) in [5, 5.41) is 6.95. The van der Waals surface area contributed by atoms with Gasteiger partial charge in [0.15, 0.2) is 5.82 Å². The second kappa shape index (κ2) is 7.23. The topological polar surface area (TPSA) is 72.0 Å². The van der Waals surface area contributed by atoms with Crippen molar-refractivity contribution in [3.05, 3.63) is 35.8 Å². The summed E-state index contributed by atoms with van der Waals surface area (Å²) in [6.45, 7) is 4.51. The lowest BCUT2D eigenvalue weighted by Crippen LogP contribution is -2.27. The van der Waals surface area contributed by atoms with Crippen molar-refractivity contribution in [3.8, 4) is 11.4 Å². The first-order valence-corrected chi connectivity index (χ1v) is 8.72. The van der Waals surface area contributed by atoms with Crippen LogP contribution in [0, 0.1) is 5.92 Å². The van der Waals surface area contributed by atoms with Crippen molar-refractivity contribution in [1.29, 1.82) is 0 Å². The highest BCUT2D eigenvalue weighted by molar-refractivity contribution is 5.59. The number of nitrogens with zero attached hydrogens (tertiary/aromatic N) is 3. The molecule has 2 aliphatic heterocycles. The van der Waals surface area contributed by atoms with Gasteiger partial charge < -0.3 is 15.4 Å². The highest BCUT2D eigenvalue weighted by atomic mass is 16.5. The Kier molecular flexibility index (Phi) is 4.66. The molecule has 4 rings (SSSR count). The number of ether oxygens (including phenoxy) is 1. The summed E-state index contributed by atoms with van der Waals surface area (Å²) in [7, 11) is 0. The fourth-order valence-corrected chi connectivity index (χ4v) is 3.34. The predicted octanol–water partition coefficient (Wildman–Crippen LogP) is 2.02. The maximum absolute atomic E-state index is 5.46. The average molecular weight is 325 g/mol. The number of nitrogens with one attached hydrogen (secondary N) is 2. The standard InChI is InChI=1S/C18H23N5O/c1-2-14(10-19-6-1)17-22-16-11-20-7-4-15(16)18(23-17)21-8-3-13-5-9-24-12-13/h1-2,6,10,13,20H,3-5,7-9,11-12H2,(H,21,22,23)/t13-/m1/s1. The third-order valence-corrected chi connectivity index (χ3v) is 4.73.